The highest BCUT2D eigenvalue weighted by Crippen LogP contribution is 2.33. The molecule has 1 aromatic carbocycles. The van der Waals surface area contributed by atoms with Crippen molar-refractivity contribution in [3.05, 3.63) is 42.0 Å². The fourth-order valence-corrected chi connectivity index (χ4v) is 2.55. The molecule has 0 aliphatic carbocycles. The molecule has 16 heavy (non-hydrogen) atoms. The van der Waals surface area contributed by atoms with Crippen molar-refractivity contribution in [2.45, 2.75) is 12.5 Å². The molecule has 1 atom stereocenters. The van der Waals surface area contributed by atoms with Gasteiger partial charge in [-0.25, -0.2) is 0 Å². The number of fused-ring (bicyclic) bond motifs is 1. The molecule has 0 radical (unpaired) electrons. The fraction of sp³-hybridized carbons (Fsp3) is 0.308. The molecule has 3 heteroatoms. The van der Waals surface area contributed by atoms with Crippen LogP contribution in [0.1, 0.15) is 22.3 Å². The maximum absolute atomic E-state index is 12.2. The lowest BCUT2D eigenvalue weighted by atomic mass is 10.1. The molecule has 3 rings (SSSR count). The highest BCUT2D eigenvalue weighted by Gasteiger charge is 2.36. The fourth-order valence-electron chi connectivity index (χ4n) is 2.55. The molecule has 1 aromatic rings. The summed E-state index contributed by atoms with van der Waals surface area (Å²) in [6.07, 6.45) is 1.01. The van der Waals surface area contributed by atoms with E-state index in [2.05, 4.69) is 11.9 Å². The molecular weight excluding hydrogens is 200 g/mol. The normalized spacial score (nSPS) is 24.0. The number of carbonyl (C=O) groups excluding carboxylic acids is 1. The van der Waals surface area contributed by atoms with Crippen LogP contribution in [0.4, 0.5) is 0 Å². The highest BCUT2D eigenvalue weighted by molar-refractivity contribution is 6.09. The third kappa shape index (κ3) is 1.21. The van der Waals surface area contributed by atoms with Gasteiger partial charge in [0.2, 0.25) is 0 Å². The lowest BCUT2D eigenvalue weighted by Gasteiger charge is -2.24. The van der Waals surface area contributed by atoms with E-state index in [0.29, 0.717) is 0 Å². The van der Waals surface area contributed by atoms with Crippen LogP contribution in [-0.2, 0) is 0 Å². The number of nitrogens with one attached hydrogen (secondary N) is 1. The lowest BCUT2D eigenvalue weighted by molar-refractivity contribution is 0.0813. The average molecular weight is 214 g/mol. The van der Waals surface area contributed by atoms with Crippen LogP contribution in [0.15, 0.2) is 30.8 Å². The number of rotatable bonds is 1. The smallest absolute Gasteiger partial charge is 0.259 e. The largest absolute Gasteiger partial charge is 0.315 e. The van der Waals surface area contributed by atoms with Gasteiger partial charge in [-0.3, -0.25) is 4.79 Å². The summed E-state index contributed by atoms with van der Waals surface area (Å²) in [5.41, 5.74) is 2.63. The van der Waals surface area contributed by atoms with Crippen molar-refractivity contribution in [3.63, 3.8) is 0 Å². The number of hydrogen-bond donors (Lipinski definition) is 1. The maximum Gasteiger partial charge on any atom is 0.259 e. The molecule has 0 saturated carbocycles. The summed E-state index contributed by atoms with van der Waals surface area (Å²) in [5, 5.41) is 3.28. The van der Waals surface area contributed by atoms with Crippen LogP contribution < -0.4 is 5.32 Å². The first-order valence-corrected chi connectivity index (χ1v) is 5.61. The van der Waals surface area contributed by atoms with Crippen molar-refractivity contribution in [1.29, 1.82) is 0 Å². The van der Waals surface area contributed by atoms with Crippen molar-refractivity contribution >= 4 is 11.6 Å². The summed E-state index contributed by atoms with van der Waals surface area (Å²) in [6.45, 7) is 5.91. The zero-order valence-corrected chi connectivity index (χ0v) is 9.07. The van der Waals surface area contributed by atoms with Crippen molar-refractivity contribution in [1.82, 2.24) is 10.2 Å². The van der Waals surface area contributed by atoms with Gasteiger partial charge < -0.3 is 10.2 Å². The Bertz CT molecular complexity index is 426. The second-order valence-corrected chi connectivity index (χ2v) is 4.31. The van der Waals surface area contributed by atoms with E-state index in [0.717, 1.165) is 36.3 Å². The summed E-state index contributed by atoms with van der Waals surface area (Å²) < 4.78 is 0. The molecule has 1 unspecified atom stereocenters. The second kappa shape index (κ2) is 3.46. The Morgan fingerprint density at radius 1 is 1.31 bits per heavy atom. The quantitative estimate of drug-likeness (QED) is 0.768. The van der Waals surface area contributed by atoms with Crippen LogP contribution in [0.2, 0.25) is 0 Å². The zero-order valence-electron chi connectivity index (χ0n) is 9.07. The van der Waals surface area contributed by atoms with Gasteiger partial charge in [-0.15, -0.1) is 0 Å². The minimum atomic E-state index is 0.106. The van der Waals surface area contributed by atoms with E-state index < -0.39 is 0 Å². The van der Waals surface area contributed by atoms with Crippen LogP contribution in [0.25, 0.3) is 5.70 Å². The average Bonchev–Trinajstić information content (AvgIpc) is 2.89. The van der Waals surface area contributed by atoms with Gasteiger partial charge >= 0.3 is 0 Å². The van der Waals surface area contributed by atoms with Gasteiger partial charge in [-0.1, -0.05) is 24.8 Å². The molecule has 1 fully saturated rings. The number of carbonyl (C=O) groups is 1. The van der Waals surface area contributed by atoms with Crippen molar-refractivity contribution < 1.29 is 4.79 Å². The second-order valence-electron chi connectivity index (χ2n) is 4.31. The van der Waals surface area contributed by atoms with Crippen LogP contribution >= 0.6 is 0 Å². The molecule has 82 valence electrons. The summed E-state index contributed by atoms with van der Waals surface area (Å²) in [4.78, 5) is 14.1. The third-order valence-electron chi connectivity index (χ3n) is 3.38. The Hall–Kier alpha value is -1.61. The van der Waals surface area contributed by atoms with Crippen molar-refractivity contribution in [3.8, 4) is 0 Å². The topological polar surface area (TPSA) is 32.3 Å². The van der Waals surface area contributed by atoms with Gasteiger partial charge in [-0.2, -0.15) is 0 Å². The summed E-state index contributed by atoms with van der Waals surface area (Å²) in [6, 6.07) is 7.98. The third-order valence-corrected chi connectivity index (χ3v) is 3.38. The minimum absolute atomic E-state index is 0.106. The molecule has 0 aromatic heterocycles. The molecule has 1 amide bonds. The number of benzene rings is 1. The molecule has 2 heterocycles. The van der Waals surface area contributed by atoms with Gasteiger partial charge in [-0.05, 0) is 19.0 Å². The predicted octanol–water partition coefficient (Wildman–Crippen LogP) is 1.48. The molecule has 2 aliphatic rings. The number of nitrogens with zero attached hydrogens (tertiary/aromatic N) is 1. The van der Waals surface area contributed by atoms with Gasteiger partial charge in [0.15, 0.2) is 0 Å². The van der Waals surface area contributed by atoms with Gasteiger partial charge in [0.05, 0.1) is 6.04 Å². The maximum atomic E-state index is 12.2. The van der Waals surface area contributed by atoms with E-state index in [-0.39, 0.29) is 11.9 Å². The SMILES string of the molecule is C=C1c2ccccc2C(=O)N1C1CCNC1. The van der Waals surface area contributed by atoms with Crippen LogP contribution in [0.3, 0.4) is 0 Å². The van der Waals surface area contributed by atoms with Crippen LogP contribution in [0, 0.1) is 0 Å². The lowest BCUT2D eigenvalue weighted by Crippen LogP contribution is -2.36. The summed E-state index contributed by atoms with van der Waals surface area (Å²) in [7, 11) is 0. The Labute approximate surface area is 94.8 Å². The first-order chi connectivity index (χ1) is 7.79. The van der Waals surface area contributed by atoms with E-state index in [1.54, 1.807) is 0 Å². The molecule has 0 spiro atoms. The Kier molecular flexibility index (Phi) is 2.07. The zero-order chi connectivity index (χ0) is 11.1. The monoisotopic (exact) mass is 214 g/mol. The minimum Gasteiger partial charge on any atom is -0.315 e. The Morgan fingerprint density at radius 2 is 2.06 bits per heavy atom. The first-order valence-electron chi connectivity index (χ1n) is 5.61. The van der Waals surface area contributed by atoms with Crippen LogP contribution in [-0.4, -0.2) is 29.9 Å². The number of amides is 1. The molecule has 1 saturated heterocycles. The number of hydrogen-bond acceptors (Lipinski definition) is 2. The predicted molar refractivity (Wildman–Crippen MR) is 62.9 cm³/mol. The summed E-state index contributed by atoms with van der Waals surface area (Å²) >= 11 is 0. The van der Waals surface area contributed by atoms with E-state index in [1.807, 2.05) is 29.2 Å². The molecule has 3 nitrogen and oxygen atoms in total. The van der Waals surface area contributed by atoms with Gasteiger partial charge in [0, 0.05) is 23.4 Å². The molecule has 1 N–H and O–H groups in total. The van der Waals surface area contributed by atoms with E-state index in [4.69, 9.17) is 0 Å². The van der Waals surface area contributed by atoms with Crippen molar-refractivity contribution in [2.24, 2.45) is 0 Å². The van der Waals surface area contributed by atoms with Crippen LogP contribution in [0.5, 0.6) is 0 Å². The Balaban J connectivity index is 2.00. The van der Waals surface area contributed by atoms with Gasteiger partial charge in [0.25, 0.3) is 5.91 Å². The molecule has 0 bridgehead atoms. The van der Waals surface area contributed by atoms with E-state index >= 15 is 0 Å². The standard InChI is InChI=1S/C13H14N2O/c1-9-11-4-2-3-5-12(11)13(16)15(9)10-6-7-14-8-10/h2-5,10,14H,1,6-8H2. The summed E-state index contributed by atoms with van der Waals surface area (Å²) in [5.74, 6) is 0.106. The van der Waals surface area contributed by atoms with Crippen molar-refractivity contribution in [2.75, 3.05) is 13.1 Å². The van der Waals surface area contributed by atoms with E-state index in [9.17, 15) is 4.79 Å². The first kappa shape index (κ1) is 9.60. The highest BCUT2D eigenvalue weighted by atomic mass is 16.2. The molecular formula is C13H14N2O. The molecule has 2 aliphatic heterocycles. The van der Waals surface area contributed by atoms with E-state index in [1.165, 1.54) is 0 Å². The Morgan fingerprint density at radius 3 is 2.69 bits per heavy atom. The van der Waals surface area contributed by atoms with Gasteiger partial charge in [0.1, 0.15) is 0 Å².